The molecule has 1 heterocycles. The first kappa shape index (κ1) is 35.6. The molecule has 48 heavy (non-hydrogen) atoms. The first-order valence-electron chi connectivity index (χ1n) is 15.4. The van der Waals surface area contributed by atoms with Crippen molar-refractivity contribution in [1.29, 1.82) is 0 Å². The number of carboxylic acids is 1. The van der Waals surface area contributed by atoms with Crippen LogP contribution in [0.4, 0.5) is 20.2 Å². The minimum atomic E-state index is -1.30. The van der Waals surface area contributed by atoms with E-state index in [4.69, 9.17) is 19.3 Å². The van der Waals surface area contributed by atoms with Gasteiger partial charge >= 0.3 is 5.97 Å². The van der Waals surface area contributed by atoms with Crippen LogP contribution in [0.25, 0.3) is 10.9 Å². The Kier molecular flexibility index (Phi) is 11.9. The maximum atomic E-state index is 15.1. The molecule has 0 aliphatic heterocycles. The molecule has 13 heteroatoms. The number of fused-ring (bicyclic) bond motifs is 1. The van der Waals surface area contributed by atoms with Crippen molar-refractivity contribution in [2.24, 2.45) is 5.41 Å². The molecule has 254 valence electrons. The fraction of sp³-hybridized carbons (Fsp3) is 0.314. The molecule has 3 aromatic carbocycles. The van der Waals surface area contributed by atoms with Crippen LogP contribution in [-0.4, -0.2) is 66.1 Å². The van der Waals surface area contributed by atoms with E-state index in [9.17, 15) is 18.8 Å². The molecule has 1 fully saturated rings. The number of ether oxygens (including phenoxy) is 3. The Labute approximate surface area is 276 Å². The molecule has 0 saturated heterocycles. The Bertz CT molecular complexity index is 1750. The predicted molar refractivity (Wildman–Crippen MR) is 177 cm³/mol. The van der Waals surface area contributed by atoms with Gasteiger partial charge in [-0.05, 0) is 81.0 Å². The lowest BCUT2D eigenvalue weighted by Crippen LogP contribution is -2.35. The lowest BCUT2D eigenvalue weighted by atomic mass is 10.0. The third-order valence-electron chi connectivity index (χ3n) is 7.81. The zero-order chi connectivity index (χ0) is 34.8. The maximum absolute atomic E-state index is 15.1. The Morgan fingerprint density at radius 3 is 2.00 bits per heavy atom. The number of carboxylic acid groups (broad SMARTS) is 1. The molecule has 1 saturated carbocycles. The van der Waals surface area contributed by atoms with Crippen LogP contribution in [0.3, 0.4) is 0 Å². The number of aliphatic carboxylic acids is 1. The Morgan fingerprint density at radius 2 is 1.46 bits per heavy atom. The van der Waals surface area contributed by atoms with E-state index >= 15 is 4.39 Å². The summed E-state index contributed by atoms with van der Waals surface area (Å²) in [5.74, 6) is -3.01. The maximum Gasteiger partial charge on any atom is 0.341 e. The molecule has 1 aromatic heterocycles. The van der Waals surface area contributed by atoms with Gasteiger partial charge < -0.3 is 34.9 Å². The number of carbonyl (C=O) groups is 3. The van der Waals surface area contributed by atoms with Gasteiger partial charge in [0.25, 0.3) is 0 Å². The van der Waals surface area contributed by atoms with Crippen molar-refractivity contribution < 1.29 is 42.5 Å². The molecule has 0 radical (unpaired) electrons. The zero-order valence-electron chi connectivity index (χ0n) is 27.1. The van der Waals surface area contributed by atoms with Gasteiger partial charge in [0.1, 0.15) is 17.0 Å². The lowest BCUT2D eigenvalue weighted by Gasteiger charge is -2.16. The summed E-state index contributed by atoms with van der Waals surface area (Å²) in [6, 6.07) is 13.6. The van der Waals surface area contributed by atoms with Crippen LogP contribution in [-0.2, 0) is 14.4 Å². The highest BCUT2D eigenvalue weighted by atomic mass is 19.1. The van der Waals surface area contributed by atoms with E-state index in [1.54, 1.807) is 0 Å². The second-order valence-electron chi connectivity index (χ2n) is 10.9. The van der Waals surface area contributed by atoms with Crippen molar-refractivity contribution in [1.82, 2.24) is 9.88 Å². The van der Waals surface area contributed by atoms with Crippen molar-refractivity contribution in [3.63, 3.8) is 0 Å². The van der Waals surface area contributed by atoms with E-state index in [2.05, 4.69) is 41.3 Å². The molecular weight excluding hydrogens is 626 g/mol. The van der Waals surface area contributed by atoms with Gasteiger partial charge in [-0.15, -0.1) is 0 Å². The number of anilines is 2. The highest BCUT2D eigenvalue weighted by Gasteiger charge is 2.56. The number of halogens is 2. The molecule has 1 aliphatic carbocycles. The van der Waals surface area contributed by atoms with Crippen molar-refractivity contribution in [2.75, 3.05) is 44.0 Å². The van der Waals surface area contributed by atoms with Crippen LogP contribution in [0.2, 0.25) is 0 Å². The molecular formula is C35H38F2N4O7. The molecule has 0 bridgehead atoms. The molecule has 2 amide bonds. The fourth-order valence-electron chi connectivity index (χ4n) is 4.80. The Balaban J connectivity index is 0.000000671. The summed E-state index contributed by atoms with van der Waals surface area (Å²) in [7, 11) is 1.39. The van der Waals surface area contributed by atoms with Crippen LogP contribution in [0.5, 0.6) is 23.0 Å². The summed E-state index contributed by atoms with van der Waals surface area (Å²) in [6.45, 7) is 9.55. The van der Waals surface area contributed by atoms with Gasteiger partial charge in [0.15, 0.2) is 29.7 Å². The summed E-state index contributed by atoms with van der Waals surface area (Å²) in [6.07, 6.45) is 2.07. The Morgan fingerprint density at radius 1 is 0.833 bits per heavy atom. The molecule has 3 N–H and O–H groups in total. The zero-order valence-corrected chi connectivity index (χ0v) is 27.1. The smallest absolute Gasteiger partial charge is 0.341 e. The van der Waals surface area contributed by atoms with Crippen molar-refractivity contribution in [3.8, 4) is 23.0 Å². The summed E-state index contributed by atoms with van der Waals surface area (Å²) < 4.78 is 44.6. The van der Waals surface area contributed by atoms with Gasteiger partial charge in [-0.3, -0.25) is 14.6 Å². The third kappa shape index (κ3) is 8.73. The number of aromatic nitrogens is 1. The topological polar surface area (TPSA) is 139 Å². The summed E-state index contributed by atoms with van der Waals surface area (Å²) >= 11 is 0. The number of nitrogens with one attached hydrogen (secondary N) is 2. The van der Waals surface area contributed by atoms with E-state index < -0.39 is 41.4 Å². The largest absolute Gasteiger partial charge is 0.493 e. The van der Waals surface area contributed by atoms with Gasteiger partial charge in [-0.1, -0.05) is 20.8 Å². The number of pyridine rings is 1. The highest BCUT2D eigenvalue weighted by molar-refractivity contribution is 6.16. The highest BCUT2D eigenvalue weighted by Crippen LogP contribution is 2.47. The lowest BCUT2D eigenvalue weighted by molar-refractivity contribution is -0.139. The van der Waals surface area contributed by atoms with Crippen LogP contribution in [0.1, 0.15) is 33.6 Å². The van der Waals surface area contributed by atoms with Gasteiger partial charge in [0.2, 0.25) is 11.8 Å². The van der Waals surface area contributed by atoms with Crippen molar-refractivity contribution in [2.45, 2.75) is 33.6 Å². The number of hydrogen-bond acceptors (Lipinski definition) is 8. The van der Waals surface area contributed by atoms with E-state index in [-0.39, 0.29) is 28.7 Å². The number of amides is 2. The van der Waals surface area contributed by atoms with Crippen LogP contribution in [0.15, 0.2) is 66.9 Å². The van der Waals surface area contributed by atoms with Crippen molar-refractivity contribution in [3.05, 3.63) is 78.5 Å². The second kappa shape index (κ2) is 16.0. The number of carbonyl (C=O) groups excluding carboxylic acids is 2. The predicted octanol–water partition coefficient (Wildman–Crippen LogP) is 6.48. The van der Waals surface area contributed by atoms with E-state index in [0.717, 1.165) is 6.07 Å². The molecule has 0 spiro atoms. The minimum absolute atomic E-state index is 0.127. The standard InChI is InChI=1S/C29H23F2N3O7.C6H15N/c1-39-24-13-19-21(14-25(24)40-15-26(35)36)32-11-8-22(19)41-23-7-6-18(12-20(23)31)34-28(38)29(9-10-29)27(37)33-17-4-2-16(30)3-5-17;1-4-7(5-2)6-3/h2-8,11-14H,9-10,15H2,1H3,(H,33,37)(H,34,38)(H,35,36);4-6H2,1-3H3. The first-order chi connectivity index (χ1) is 23.0. The average molecular weight is 665 g/mol. The van der Waals surface area contributed by atoms with Gasteiger partial charge in [-0.2, -0.15) is 0 Å². The summed E-state index contributed by atoms with van der Waals surface area (Å²) in [5, 5.41) is 14.5. The van der Waals surface area contributed by atoms with Crippen LogP contribution >= 0.6 is 0 Å². The van der Waals surface area contributed by atoms with Crippen LogP contribution in [0, 0.1) is 17.0 Å². The third-order valence-corrected chi connectivity index (χ3v) is 7.81. The Hall–Kier alpha value is -5.30. The molecule has 4 aromatic rings. The molecule has 0 atom stereocenters. The fourth-order valence-corrected chi connectivity index (χ4v) is 4.80. The van der Waals surface area contributed by atoms with Gasteiger partial charge in [-0.25, -0.2) is 13.6 Å². The van der Waals surface area contributed by atoms with E-state index in [1.807, 2.05) is 0 Å². The SMILES string of the molecule is CCN(CC)CC.COc1cc2c(Oc3ccc(NC(=O)C4(C(=O)Nc5ccc(F)cc5)CC4)cc3F)ccnc2cc1OCC(=O)O. The summed E-state index contributed by atoms with van der Waals surface area (Å²) in [5.41, 5.74) is -0.431. The molecule has 11 nitrogen and oxygen atoms in total. The molecule has 0 unspecified atom stereocenters. The molecule has 5 rings (SSSR count). The van der Waals surface area contributed by atoms with E-state index in [1.165, 1.54) is 87.5 Å². The average Bonchev–Trinajstić information content (AvgIpc) is 3.89. The molecule has 1 aliphatic rings. The second-order valence-corrected chi connectivity index (χ2v) is 10.9. The number of hydrogen-bond donors (Lipinski definition) is 3. The quantitative estimate of drug-likeness (QED) is 0.137. The van der Waals surface area contributed by atoms with E-state index in [0.29, 0.717) is 29.4 Å². The number of nitrogens with zero attached hydrogens (tertiary/aromatic N) is 2. The van der Waals surface area contributed by atoms with Gasteiger partial charge in [0, 0.05) is 35.1 Å². The summed E-state index contributed by atoms with van der Waals surface area (Å²) in [4.78, 5) is 43.2. The monoisotopic (exact) mass is 664 g/mol. The number of rotatable bonds is 13. The van der Waals surface area contributed by atoms with Crippen LogP contribution < -0.4 is 24.8 Å². The van der Waals surface area contributed by atoms with Gasteiger partial charge in [0.05, 0.1) is 12.6 Å². The normalized spacial score (nSPS) is 12.8. The van der Waals surface area contributed by atoms with Crippen molar-refractivity contribution >= 4 is 40.1 Å². The number of benzene rings is 3. The minimum Gasteiger partial charge on any atom is -0.493 e. The number of methoxy groups -OCH3 is 1. The first-order valence-corrected chi connectivity index (χ1v) is 15.4.